The van der Waals surface area contributed by atoms with Crippen LogP contribution in [0.4, 0.5) is 0 Å². The van der Waals surface area contributed by atoms with Crippen molar-refractivity contribution in [2.24, 2.45) is 0 Å². The minimum absolute atomic E-state index is 0.0166. The fourth-order valence-corrected chi connectivity index (χ4v) is 3.13. The standard InChI is InChI=1S/C19H23NO6/c21-15(13-5-7-16-17(11-13)25-10-9-24-16)6-8-19(23)26-12-18(22)20-14-3-1-2-4-14/h5,7,11,14H,1-4,6,8-10,12H2,(H,20,22). The Morgan fingerprint density at radius 1 is 1.04 bits per heavy atom. The Labute approximate surface area is 152 Å². The van der Waals surface area contributed by atoms with E-state index in [9.17, 15) is 14.4 Å². The average Bonchev–Trinajstić information content (AvgIpc) is 3.17. The highest BCUT2D eigenvalue weighted by atomic mass is 16.6. The summed E-state index contributed by atoms with van der Waals surface area (Å²) in [7, 11) is 0. The Hall–Kier alpha value is -2.57. The molecule has 3 rings (SSSR count). The molecule has 1 N–H and O–H groups in total. The van der Waals surface area contributed by atoms with Crippen molar-refractivity contribution in [1.29, 1.82) is 0 Å². The molecule has 0 aromatic heterocycles. The molecular formula is C19H23NO6. The topological polar surface area (TPSA) is 90.9 Å². The molecule has 1 aromatic carbocycles. The van der Waals surface area contributed by atoms with Gasteiger partial charge < -0.3 is 19.5 Å². The number of esters is 1. The first-order valence-corrected chi connectivity index (χ1v) is 8.99. The van der Waals surface area contributed by atoms with E-state index in [2.05, 4.69) is 5.32 Å². The molecule has 0 radical (unpaired) electrons. The summed E-state index contributed by atoms with van der Waals surface area (Å²) in [4.78, 5) is 35.7. The van der Waals surface area contributed by atoms with Gasteiger partial charge in [-0.1, -0.05) is 12.8 Å². The summed E-state index contributed by atoms with van der Waals surface area (Å²) in [5, 5.41) is 2.85. The van der Waals surface area contributed by atoms with E-state index in [1.807, 2.05) is 0 Å². The Balaban J connectivity index is 1.39. The van der Waals surface area contributed by atoms with Gasteiger partial charge in [0, 0.05) is 18.0 Å². The van der Waals surface area contributed by atoms with E-state index < -0.39 is 5.97 Å². The summed E-state index contributed by atoms with van der Waals surface area (Å²) in [5.74, 6) is 0.115. The van der Waals surface area contributed by atoms with Crippen LogP contribution in [0, 0.1) is 0 Å². The van der Waals surface area contributed by atoms with Crippen molar-refractivity contribution in [2.75, 3.05) is 19.8 Å². The van der Waals surface area contributed by atoms with E-state index in [1.165, 1.54) is 0 Å². The molecule has 1 aliphatic carbocycles. The molecule has 140 valence electrons. The van der Waals surface area contributed by atoms with Crippen LogP contribution in [0.15, 0.2) is 18.2 Å². The normalized spacial score (nSPS) is 16.2. The van der Waals surface area contributed by atoms with Gasteiger partial charge in [0.1, 0.15) is 13.2 Å². The number of hydrogen-bond donors (Lipinski definition) is 1. The number of rotatable bonds is 7. The number of ketones is 1. The number of fused-ring (bicyclic) bond motifs is 1. The van der Waals surface area contributed by atoms with Crippen molar-refractivity contribution < 1.29 is 28.6 Å². The quantitative estimate of drug-likeness (QED) is 0.590. The smallest absolute Gasteiger partial charge is 0.306 e. The lowest BCUT2D eigenvalue weighted by Crippen LogP contribution is -2.35. The van der Waals surface area contributed by atoms with Gasteiger partial charge in [-0.2, -0.15) is 0 Å². The van der Waals surface area contributed by atoms with E-state index in [4.69, 9.17) is 14.2 Å². The van der Waals surface area contributed by atoms with Crippen molar-refractivity contribution in [3.8, 4) is 11.5 Å². The number of carbonyl (C=O) groups is 3. The molecular weight excluding hydrogens is 338 g/mol. The summed E-state index contributed by atoms with van der Waals surface area (Å²) < 4.78 is 15.8. The third-order valence-corrected chi connectivity index (χ3v) is 4.50. The molecule has 0 bridgehead atoms. The number of ether oxygens (including phenoxy) is 3. The van der Waals surface area contributed by atoms with E-state index in [1.54, 1.807) is 18.2 Å². The minimum atomic E-state index is -0.558. The van der Waals surface area contributed by atoms with Crippen molar-refractivity contribution >= 4 is 17.7 Å². The minimum Gasteiger partial charge on any atom is -0.486 e. The maximum atomic E-state index is 12.2. The molecule has 7 heteroatoms. The molecule has 0 saturated heterocycles. The number of benzene rings is 1. The predicted molar refractivity (Wildman–Crippen MR) is 92.4 cm³/mol. The molecule has 2 aliphatic rings. The fraction of sp³-hybridized carbons (Fsp3) is 0.526. The van der Waals surface area contributed by atoms with Crippen LogP contribution in [-0.2, 0) is 14.3 Å². The number of nitrogens with one attached hydrogen (secondary N) is 1. The highest BCUT2D eigenvalue weighted by Crippen LogP contribution is 2.31. The van der Waals surface area contributed by atoms with Gasteiger partial charge in [-0.05, 0) is 31.0 Å². The molecule has 0 unspecified atom stereocenters. The van der Waals surface area contributed by atoms with Crippen LogP contribution in [-0.4, -0.2) is 43.5 Å². The van der Waals surface area contributed by atoms with Crippen LogP contribution in [0.25, 0.3) is 0 Å². The molecule has 26 heavy (non-hydrogen) atoms. The first kappa shape index (κ1) is 18.2. The maximum absolute atomic E-state index is 12.2. The van der Waals surface area contributed by atoms with Crippen molar-refractivity contribution in [2.45, 2.75) is 44.6 Å². The molecule has 1 amide bonds. The third kappa shape index (κ3) is 4.97. The van der Waals surface area contributed by atoms with E-state index >= 15 is 0 Å². The maximum Gasteiger partial charge on any atom is 0.306 e. The van der Waals surface area contributed by atoms with Crippen LogP contribution >= 0.6 is 0 Å². The molecule has 1 saturated carbocycles. The van der Waals surface area contributed by atoms with Crippen LogP contribution in [0.3, 0.4) is 0 Å². The van der Waals surface area contributed by atoms with E-state index in [0.717, 1.165) is 25.7 Å². The van der Waals surface area contributed by atoms with E-state index in [-0.39, 0.29) is 37.2 Å². The molecule has 0 atom stereocenters. The third-order valence-electron chi connectivity index (χ3n) is 4.50. The van der Waals surface area contributed by atoms with Gasteiger partial charge in [0.25, 0.3) is 5.91 Å². The number of Topliss-reactive ketones (excluding diaryl/α,β-unsaturated/α-hetero) is 1. The number of amides is 1. The van der Waals surface area contributed by atoms with Crippen LogP contribution in [0.5, 0.6) is 11.5 Å². The van der Waals surface area contributed by atoms with Crippen LogP contribution in [0.1, 0.15) is 48.9 Å². The lowest BCUT2D eigenvalue weighted by atomic mass is 10.1. The molecule has 1 aliphatic heterocycles. The zero-order valence-corrected chi connectivity index (χ0v) is 14.6. The van der Waals surface area contributed by atoms with Crippen molar-refractivity contribution in [3.63, 3.8) is 0 Å². The molecule has 7 nitrogen and oxygen atoms in total. The SMILES string of the molecule is O=C(COC(=O)CCC(=O)c1ccc2c(c1)OCCO2)NC1CCCC1. The summed E-state index contributed by atoms with van der Waals surface area (Å²) >= 11 is 0. The molecule has 1 aromatic rings. The van der Waals surface area contributed by atoms with Gasteiger partial charge in [-0.15, -0.1) is 0 Å². The summed E-state index contributed by atoms with van der Waals surface area (Å²) in [5.41, 5.74) is 0.459. The second kappa shape index (κ2) is 8.69. The second-order valence-corrected chi connectivity index (χ2v) is 6.49. The summed E-state index contributed by atoms with van der Waals surface area (Å²) in [6.45, 7) is 0.633. The molecule has 0 spiro atoms. The zero-order chi connectivity index (χ0) is 18.4. The van der Waals surface area contributed by atoms with Crippen LogP contribution in [0.2, 0.25) is 0 Å². The van der Waals surface area contributed by atoms with Gasteiger partial charge >= 0.3 is 5.97 Å². The Morgan fingerprint density at radius 3 is 2.54 bits per heavy atom. The number of carbonyl (C=O) groups excluding carboxylic acids is 3. The van der Waals surface area contributed by atoms with E-state index in [0.29, 0.717) is 30.3 Å². The number of hydrogen-bond acceptors (Lipinski definition) is 6. The molecule has 1 fully saturated rings. The first-order valence-electron chi connectivity index (χ1n) is 8.99. The lowest BCUT2D eigenvalue weighted by Gasteiger charge is -2.18. The van der Waals surface area contributed by atoms with Crippen LogP contribution < -0.4 is 14.8 Å². The van der Waals surface area contributed by atoms with Crippen molar-refractivity contribution in [3.05, 3.63) is 23.8 Å². The highest BCUT2D eigenvalue weighted by Gasteiger charge is 2.19. The van der Waals surface area contributed by atoms with Crippen molar-refractivity contribution in [1.82, 2.24) is 5.32 Å². The summed E-state index contributed by atoms with van der Waals surface area (Å²) in [6.07, 6.45) is 4.14. The lowest BCUT2D eigenvalue weighted by molar-refractivity contribution is -0.148. The summed E-state index contributed by atoms with van der Waals surface area (Å²) in [6, 6.07) is 5.15. The zero-order valence-electron chi connectivity index (χ0n) is 14.6. The highest BCUT2D eigenvalue weighted by molar-refractivity contribution is 5.98. The van der Waals surface area contributed by atoms with Gasteiger partial charge in [-0.25, -0.2) is 0 Å². The fourth-order valence-electron chi connectivity index (χ4n) is 3.13. The second-order valence-electron chi connectivity index (χ2n) is 6.49. The van der Waals surface area contributed by atoms with Gasteiger partial charge in [0.05, 0.1) is 6.42 Å². The Bertz CT molecular complexity index is 681. The van der Waals surface area contributed by atoms with Gasteiger partial charge in [-0.3, -0.25) is 14.4 Å². The largest absolute Gasteiger partial charge is 0.486 e. The predicted octanol–water partition coefficient (Wildman–Crippen LogP) is 2.02. The average molecular weight is 361 g/mol. The first-order chi connectivity index (χ1) is 12.6. The Morgan fingerprint density at radius 2 is 1.77 bits per heavy atom. The molecule has 1 heterocycles. The monoisotopic (exact) mass is 361 g/mol. The Kier molecular flexibility index (Phi) is 6.09. The van der Waals surface area contributed by atoms with Gasteiger partial charge in [0.2, 0.25) is 0 Å². The van der Waals surface area contributed by atoms with Gasteiger partial charge in [0.15, 0.2) is 23.9 Å².